The molecule has 0 saturated heterocycles. The van der Waals surface area contributed by atoms with Crippen molar-refractivity contribution < 1.29 is 4.74 Å². The van der Waals surface area contributed by atoms with Crippen LogP contribution in [0.2, 0.25) is 0 Å². The minimum absolute atomic E-state index is 0.225. The molecule has 0 aromatic heterocycles. The quantitative estimate of drug-likeness (QED) is 0.542. The molecule has 0 aromatic rings. The minimum atomic E-state index is 0.225. The normalized spacial score (nSPS) is 26.8. The van der Waals surface area contributed by atoms with Crippen LogP contribution in [-0.2, 0) is 4.74 Å². The van der Waals surface area contributed by atoms with Gasteiger partial charge in [-0.15, -0.1) is 0 Å². The fourth-order valence-electron chi connectivity index (χ4n) is 3.04. The zero-order valence-electron chi connectivity index (χ0n) is 12.3. The molecule has 1 fully saturated rings. The maximum atomic E-state index is 5.92. The molecule has 1 aliphatic carbocycles. The van der Waals surface area contributed by atoms with E-state index in [-0.39, 0.29) is 5.41 Å². The number of nitrogens with zero attached hydrogens (tertiary/aromatic N) is 1. The van der Waals surface area contributed by atoms with Gasteiger partial charge in [-0.25, -0.2) is 0 Å². The Balaban J connectivity index is 2.62. The molecule has 3 N–H and O–H groups in total. The van der Waals surface area contributed by atoms with Crippen molar-refractivity contribution in [1.82, 2.24) is 5.32 Å². The second-order valence-electron chi connectivity index (χ2n) is 5.08. The first kappa shape index (κ1) is 15.3. The van der Waals surface area contributed by atoms with Crippen LogP contribution in [0.15, 0.2) is 4.99 Å². The third-order valence-corrected chi connectivity index (χ3v) is 4.30. The van der Waals surface area contributed by atoms with Crippen molar-refractivity contribution in [3.63, 3.8) is 0 Å². The summed E-state index contributed by atoms with van der Waals surface area (Å²) in [5.41, 5.74) is 6.14. The Hall–Kier alpha value is -0.770. The first-order valence-corrected chi connectivity index (χ1v) is 7.32. The Kier molecular flexibility index (Phi) is 5.93. The molecule has 106 valence electrons. The van der Waals surface area contributed by atoms with E-state index in [0.717, 1.165) is 38.8 Å². The first-order valence-electron chi connectivity index (χ1n) is 7.32. The van der Waals surface area contributed by atoms with Crippen LogP contribution in [0.1, 0.15) is 53.4 Å². The summed E-state index contributed by atoms with van der Waals surface area (Å²) in [6, 6.07) is 0.407. The zero-order valence-corrected chi connectivity index (χ0v) is 12.3. The lowest BCUT2D eigenvalue weighted by molar-refractivity contribution is -0.133. The fraction of sp³-hybridized carbons (Fsp3) is 0.929. The van der Waals surface area contributed by atoms with E-state index >= 15 is 0 Å². The molecule has 0 spiro atoms. The molecule has 0 heterocycles. The number of guanidine groups is 1. The summed E-state index contributed by atoms with van der Waals surface area (Å²) in [6.07, 6.45) is 4.67. The van der Waals surface area contributed by atoms with Crippen molar-refractivity contribution in [2.24, 2.45) is 16.1 Å². The van der Waals surface area contributed by atoms with Gasteiger partial charge in [0.25, 0.3) is 0 Å². The largest absolute Gasteiger partial charge is 0.378 e. The maximum absolute atomic E-state index is 5.92. The van der Waals surface area contributed by atoms with Gasteiger partial charge < -0.3 is 15.8 Å². The monoisotopic (exact) mass is 255 g/mol. The van der Waals surface area contributed by atoms with E-state index in [4.69, 9.17) is 10.5 Å². The molecular formula is C14H29N3O. The lowest BCUT2D eigenvalue weighted by Gasteiger charge is -2.55. The summed E-state index contributed by atoms with van der Waals surface area (Å²) < 4.78 is 5.85. The van der Waals surface area contributed by atoms with E-state index in [1.807, 2.05) is 0 Å². The number of aliphatic imine (C=N–C) groups is 1. The number of hydrogen-bond donors (Lipinski definition) is 2. The van der Waals surface area contributed by atoms with Gasteiger partial charge >= 0.3 is 0 Å². The van der Waals surface area contributed by atoms with Gasteiger partial charge in [-0.05, 0) is 32.6 Å². The Morgan fingerprint density at radius 1 is 1.33 bits per heavy atom. The molecule has 1 rings (SSSR count). The third kappa shape index (κ3) is 2.97. The molecule has 18 heavy (non-hydrogen) atoms. The van der Waals surface area contributed by atoms with Gasteiger partial charge in [-0.2, -0.15) is 0 Å². The maximum Gasteiger partial charge on any atom is 0.188 e. The van der Waals surface area contributed by atoms with Gasteiger partial charge in [0, 0.05) is 24.6 Å². The Morgan fingerprint density at radius 3 is 2.50 bits per heavy atom. The first-order chi connectivity index (χ1) is 8.64. The number of nitrogens with two attached hydrogens (primary N) is 1. The van der Waals surface area contributed by atoms with Gasteiger partial charge in [0.15, 0.2) is 5.96 Å². The summed E-state index contributed by atoms with van der Waals surface area (Å²) in [5.74, 6) is 0.586. The molecule has 2 atom stereocenters. The van der Waals surface area contributed by atoms with Crippen LogP contribution in [0.3, 0.4) is 0 Å². The molecular weight excluding hydrogens is 226 g/mol. The number of rotatable bonds is 7. The van der Waals surface area contributed by atoms with Crippen LogP contribution in [0.5, 0.6) is 0 Å². The Labute approximate surface area is 111 Å². The number of hydrogen-bond acceptors (Lipinski definition) is 2. The second-order valence-corrected chi connectivity index (χ2v) is 5.08. The van der Waals surface area contributed by atoms with Crippen LogP contribution >= 0.6 is 0 Å². The second kappa shape index (κ2) is 6.98. The zero-order chi connectivity index (χ0) is 13.6. The minimum Gasteiger partial charge on any atom is -0.378 e. The van der Waals surface area contributed by atoms with Gasteiger partial charge in [-0.1, -0.05) is 20.8 Å². The molecule has 4 heteroatoms. The van der Waals surface area contributed by atoms with Crippen molar-refractivity contribution in [3.8, 4) is 0 Å². The van der Waals surface area contributed by atoms with Crippen LogP contribution in [0, 0.1) is 5.41 Å². The van der Waals surface area contributed by atoms with Crippen molar-refractivity contribution in [3.05, 3.63) is 0 Å². The highest BCUT2D eigenvalue weighted by atomic mass is 16.5. The van der Waals surface area contributed by atoms with E-state index < -0.39 is 0 Å². The molecule has 1 saturated carbocycles. The van der Waals surface area contributed by atoms with E-state index in [0.29, 0.717) is 18.1 Å². The summed E-state index contributed by atoms with van der Waals surface area (Å²) in [7, 11) is 0. The molecule has 0 amide bonds. The summed E-state index contributed by atoms with van der Waals surface area (Å²) in [5, 5.41) is 3.38. The predicted octanol–water partition coefficient (Wildman–Crippen LogP) is 2.28. The van der Waals surface area contributed by atoms with Crippen LogP contribution in [0.4, 0.5) is 0 Å². The van der Waals surface area contributed by atoms with Gasteiger partial charge in [0.05, 0.1) is 6.10 Å². The molecule has 1 aliphatic rings. The summed E-state index contributed by atoms with van der Waals surface area (Å²) >= 11 is 0. The van der Waals surface area contributed by atoms with Gasteiger partial charge in [0.1, 0.15) is 0 Å². The van der Waals surface area contributed by atoms with Crippen molar-refractivity contribution in [1.29, 1.82) is 0 Å². The highest BCUT2D eigenvalue weighted by molar-refractivity contribution is 5.78. The topological polar surface area (TPSA) is 59.6 Å². The van der Waals surface area contributed by atoms with Crippen LogP contribution in [-0.4, -0.2) is 31.3 Å². The average Bonchev–Trinajstić information content (AvgIpc) is 2.36. The SMILES string of the molecule is CCCN=C(N)NC1CC(OCC)C1(CC)CC. The smallest absolute Gasteiger partial charge is 0.188 e. The third-order valence-electron chi connectivity index (χ3n) is 4.30. The predicted molar refractivity (Wildman–Crippen MR) is 76.8 cm³/mol. The van der Waals surface area contributed by atoms with Crippen molar-refractivity contribution >= 4 is 5.96 Å². The number of nitrogens with one attached hydrogen (secondary N) is 1. The standard InChI is InChI=1S/C14H29N3O/c1-5-9-16-13(15)17-11-10-12(18-8-4)14(11,6-2)7-3/h11-12H,5-10H2,1-4H3,(H3,15,16,17). The molecule has 0 bridgehead atoms. The lowest BCUT2D eigenvalue weighted by Crippen LogP contribution is -2.65. The highest BCUT2D eigenvalue weighted by Crippen LogP contribution is 2.48. The number of ether oxygens (including phenoxy) is 1. The van der Waals surface area contributed by atoms with Crippen molar-refractivity contribution in [2.75, 3.05) is 13.2 Å². The van der Waals surface area contributed by atoms with Gasteiger partial charge in [0.2, 0.25) is 0 Å². The summed E-state index contributed by atoms with van der Waals surface area (Å²) in [4.78, 5) is 4.31. The molecule has 0 radical (unpaired) electrons. The van der Waals surface area contributed by atoms with E-state index in [9.17, 15) is 0 Å². The van der Waals surface area contributed by atoms with E-state index in [1.165, 1.54) is 0 Å². The Bertz CT molecular complexity index is 274. The van der Waals surface area contributed by atoms with E-state index in [2.05, 4.69) is 38.0 Å². The van der Waals surface area contributed by atoms with Gasteiger partial charge in [-0.3, -0.25) is 4.99 Å². The highest BCUT2D eigenvalue weighted by Gasteiger charge is 2.53. The average molecular weight is 255 g/mol. The Morgan fingerprint density at radius 2 is 2.00 bits per heavy atom. The molecule has 0 aromatic carbocycles. The fourth-order valence-corrected chi connectivity index (χ4v) is 3.04. The molecule has 0 aliphatic heterocycles. The lowest BCUT2D eigenvalue weighted by atomic mass is 9.58. The van der Waals surface area contributed by atoms with Crippen LogP contribution in [0.25, 0.3) is 0 Å². The van der Waals surface area contributed by atoms with Crippen LogP contribution < -0.4 is 11.1 Å². The molecule has 4 nitrogen and oxygen atoms in total. The van der Waals surface area contributed by atoms with Crippen molar-refractivity contribution in [2.45, 2.75) is 65.5 Å². The summed E-state index contributed by atoms with van der Waals surface area (Å²) in [6.45, 7) is 10.2. The molecule has 2 unspecified atom stereocenters. The van der Waals surface area contributed by atoms with E-state index in [1.54, 1.807) is 0 Å².